The summed E-state index contributed by atoms with van der Waals surface area (Å²) in [6.07, 6.45) is 0. The third-order valence-corrected chi connectivity index (χ3v) is 5.45. The van der Waals surface area contributed by atoms with Gasteiger partial charge in [0.25, 0.3) is 0 Å². The van der Waals surface area contributed by atoms with E-state index in [0.717, 1.165) is 0 Å². The van der Waals surface area contributed by atoms with Crippen LogP contribution in [0.25, 0.3) is 0 Å². The van der Waals surface area contributed by atoms with Crippen molar-refractivity contribution in [1.82, 2.24) is 9.88 Å². The fourth-order valence-corrected chi connectivity index (χ4v) is 3.42. The standard InChI is InChI=1S/C25H29ClN4O2/c1-25(2,3)18-8-6-17(7-9-18)22(30(4)5)15-28-24-21(14-27)29-23(32-24)16-31-20-12-10-19(26)11-13-20/h6-13,22,28H,15-16H2,1-5H3. The fourth-order valence-electron chi connectivity index (χ4n) is 3.29. The van der Waals surface area contributed by atoms with Crippen molar-refractivity contribution in [3.8, 4) is 11.8 Å². The summed E-state index contributed by atoms with van der Waals surface area (Å²) < 4.78 is 11.4. The zero-order valence-electron chi connectivity index (χ0n) is 19.1. The number of nitriles is 1. The Balaban J connectivity index is 1.68. The summed E-state index contributed by atoms with van der Waals surface area (Å²) in [5.41, 5.74) is 2.79. The van der Waals surface area contributed by atoms with Gasteiger partial charge in [0.2, 0.25) is 17.5 Å². The van der Waals surface area contributed by atoms with E-state index in [9.17, 15) is 5.26 Å². The van der Waals surface area contributed by atoms with Gasteiger partial charge in [-0.1, -0.05) is 56.6 Å². The molecule has 0 aliphatic carbocycles. The van der Waals surface area contributed by atoms with Gasteiger partial charge < -0.3 is 19.4 Å². The van der Waals surface area contributed by atoms with Gasteiger partial charge in [0.05, 0.1) is 6.04 Å². The number of nitrogens with zero attached hydrogens (tertiary/aromatic N) is 3. The van der Waals surface area contributed by atoms with Crippen molar-refractivity contribution in [2.45, 2.75) is 38.8 Å². The zero-order chi connectivity index (χ0) is 23.3. The molecule has 0 bridgehead atoms. The van der Waals surface area contributed by atoms with E-state index in [0.29, 0.717) is 29.1 Å². The largest absolute Gasteiger partial charge is 0.484 e. The third kappa shape index (κ3) is 6.03. The van der Waals surface area contributed by atoms with E-state index in [4.69, 9.17) is 20.8 Å². The Labute approximate surface area is 194 Å². The molecule has 3 rings (SSSR count). The number of hydrogen-bond acceptors (Lipinski definition) is 6. The normalized spacial score (nSPS) is 12.4. The fraction of sp³-hybridized carbons (Fsp3) is 0.360. The predicted octanol–water partition coefficient (Wildman–Crippen LogP) is 5.79. The van der Waals surface area contributed by atoms with Gasteiger partial charge in [0.15, 0.2) is 6.61 Å². The van der Waals surface area contributed by atoms with E-state index in [1.165, 1.54) is 11.1 Å². The van der Waals surface area contributed by atoms with Crippen molar-refractivity contribution in [2.24, 2.45) is 0 Å². The summed E-state index contributed by atoms with van der Waals surface area (Å²) in [7, 11) is 4.06. The first-order valence-corrected chi connectivity index (χ1v) is 10.8. The topological polar surface area (TPSA) is 74.3 Å². The maximum absolute atomic E-state index is 9.47. The molecule has 1 N–H and O–H groups in total. The molecule has 6 nitrogen and oxygen atoms in total. The first-order chi connectivity index (χ1) is 15.2. The number of oxazole rings is 1. The number of hydrogen-bond donors (Lipinski definition) is 1. The van der Waals surface area contributed by atoms with E-state index in [1.807, 2.05) is 14.1 Å². The van der Waals surface area contributed by atoms with Crippen molar-refractivity contribution in [3.05, 3.63) is 76.3 Å². The third-order valence-electron chi connectivity index (χ3n) is 5.19. The average molecular weight is 453 g/mol. The van der Waals surface area contributed by atoms with E-state index in [-0.39, 0.29) is 23.8 Å². The molecule has 0 saturated carbocycles. The number of ether oxygens (including phenoxy) is 1. The van der Waals surface area contributed by atoms with Crippen LogP contribution in [0.3, 0.4) is 0 Å². The molecular formula is C25H29ClN4O2. The quantitative estimate of drug-likeness (QED) is 0.466. The summed E-state index contributed by atoms with van der Waals surface area (Å²) in [6, 6.07) is 17.9. The van der Waals surface area contributed by atoms with Gasteiger partial charge in [0.1, 0.15) is 11.8 Å². The number of nitrogens with one attached hydrogen (secondary N) is 1. The number of aromatic nitrogens is 1. The lowest BCUT2D eigenvalue weighted by Gasteiger charge is -2.26. The van der Waals surface area contributed by atoms with Gasteiger partial charge >= 0.3 is 0 Å². The molecule has 0 aliphatic rings. The summed E-state index contributed by atoms with van der Waals surface area (Å²) in [4.78, 5) is 6.37. The van der Waals surface area contributed by atoms with Crippen LogP contribution in [0.5, 0.6) is 5.75 Å². The van der Waals surface area contributed by atoms with Crippen molar-refractivity contribution >= 4 is 17.5 Å². The van der Waals surface area contributed by atoms with Crippen LogP contribution in [0.15, 0.2) is 52.9 Å². The van der Waals surface area contributed by atoms with Crippen LogP contribution in [0.2, 0.25) is 5.02 Å². The lowest BCUT2D eigenvalue weighted by molar-refractivity contribution is 0.264. The summed E-state index contributed by atoms with van der Waals surface area (Å²) in [6.45, 7) is 7.28. The molecule has 0 saturated heterocycles. The Morgan fingerprint density at radius 2 is 1.78 bits per heavy atom. The highest BCUT2D eigenvalue weighted by atomic mass is 35.5. The molecule has 1 unspecified atom stereocenters. The Bertz CT molecular complexity index is 1060. The van der Waals surface area contributed by atoms with Crippen molar-refractivity contribution in [2.75, 3.05) is 26.0 Å². The minimum atomic E-state index is 0.0921. The van der Waals surface area contributed by atoms with Crippen LogP contribution in [-0.2, 0) is 12.0 Å². The Hall–Kier alpha value is -3.01. The Morgan fingerprint density at radius 1 is 1.12 bits per heavy atom. The summed E-state index contributed by atoms with van der Waals surface area (Å²) >= 11 is 5.89. The highest BCUT2D eigenvalue weighted by Crippen LogP contribution is 2.27. The highest BCUT2D eigenvalue weighted by Gasteiger charge is 2.20. The lowest BCUT2D eigenvalue weighted by Crippen LogP contribution is -2.27. The van der Waals surface area contributed by atoms with Crippen LogP contribution in [-0.4, -0.2) is 30.5 Å². The average Bonchev–Trinajstić information content (AvgIpc) is 3.15. The molecule has 1 aromatic heterocycles. The van der Waals surface area contributed by atoms with Gasteiger partial charge in [0, 0.05) is 11.6 Å². The summed E-state index contributed by atoms with van der Waals surface area (Å²) in [5.74, 6) is 1.32. The van der Waals surface area contributed by atoms with Crippen LogP contribution >= 0.6 is 11.6 Å². The maximum Gasteiger partial charge on any atom is 0.236 e. The Morgan fingerprint density at radius 3 is 2.34 bits per heavy atom. The van der Waals surface area contributed by atoms with Crippen molar-refractivity contribution in [1.29, 1.82) is 5.26 Å². The molecule has 0 radical (unpaired) electrons. The second kappa shape index (κ2) is 10.1. The number of anilines is 1. The second-order valence-electron chi connectivity index (χ2n) is 8.87. The number of halogens is 1. The molecule has 1 atom stereocenters. The molecule has 0 amide bonds. The first-order valence-electron chi connectivity index (χ1n) is 10.5. The van der Waals surface area contributed by atoms with Gasteiger partial charge in [-0.2, -0.15) is 10.2 Å². The zero-order valence-corrected chi connectivity index (χ0v) is 19.9. The molecule has 32 heavy (non-hydrogen) atoms. The van der Waals surface area contributed by atoms with Crippen LogP contribution in [0, 0.1) is 11.3 Å². The molecule has 0 fully saturated rings. The minimum Gasteiger partial charge on any atom is -0.484 e. The van der Waals surface area contributed by atoms with Gasteiger partial charge in [-0.25, -0.2) is 0 Å². The SMILES string of the molecule is CN(C)C(CNc1oc(COc2ccc(Cl)cc2)nc1C#N)c1ccc(C(C)(C)C)cc1. The molecular weight excluding hydrogens is 424 g/mol. The molecule has 0 aliphatic heterocycles. The van der Waals surface area contributed by atoms with E-state index >= 15 is 0 Å². The first kappa shape index (κ1) is 23.6. The number of rotatable bonds is 8. The maximum atomic E-state index is 9.47. The number of benzene rings is 2. The van der Waals surface area contributed by atoms with E-state index in [1.54, 1.807) is 24.3 Å². The molecule has 2 aromatic carbocycles. The summed E-state index contributed by atoms with van der Waals surface area (Å²) in [5, 5.41) is 13.4. The van der Waals surface area contributed by atoms with Crippen molar-refractivity contribution < 1.29 is 9.15 Å². The van der Waals surface area contributed by atoms with Gasteiger partial charge in [-0.05, 0) is 54.9 Å². The number of likely N-dealkylation sites (N-methyl/N-ethyl adjacent to an activating group) is 1. The molecule has 3 aromatic rings. The van der Waals surface area contributed by atoms with Crippen LogP contribution in [0.1, 0.15) is 49.5 Å². The predicted molar refractivity (Wildman–Crippen MR) is 127 cm³/mol. The molecule has 168 valence electrons. The second-order valence-corrected chi connectivity index (χ2v) is 9.31. The minimum absolute atomic E-state index is 0.0921. The molecule has 1 heterocycles. The lowest BCUT2D eigenvalue weighted by atomic mass is 9.86. The molecule has 7 heteroatoms. The van der Waals surface area contributed by atoms with Gasteiger partial charge in [-0.15, -0.1) is 0 Å². The monoisotopic (exact) mass is 452 g/mol. The van der Waals surface area contributed by atoms with Crippen molar-refractivity contribution in [3.63, 3.8) is 0 Å². The van der Waals surface area contributed by atoms with E-state index in [2.05, 4.69) is 66.3 Å². The van der Waals surface area contributed by atoms with E-state index < -0.39 is 0 Å². The highest BCUT2D eigenvalue weighted by molar-refractivity contribution is 6.30. The Kier molecular flexibility index (Phi) is 7.44. The van der Waals surface area contributed by atoms with Crippen LogP contribution < -0.4 is 10.1 Å². The van der Waals surface area contributed by atoms with Gasteiger partial charge in [-0.3, -0.25) is 0 Å². The smallest absolute Gasteiger partial charge is 0.236 e. The van der Waals surface area contributed by atoms with Crippen LogP contribution in [0.4, 0.5) is 5.88 Å². The molecule has 0 spiro atoms.